The Hall–Kier alpha value is -2.88. The van der Waals surface area contributed by atoms with Gasteiger partial charge >= 0.3 is 12.3 Å². The highest BCUT2D eigenvalue weighted by Crippen LogP contribution is 2.40. The average molecular weight is 421 g/mol. The monoisotopic (exact) mass is 421 g/mol. The van der Waals surface area contributed by atoms with E-state index >= 15 is 0 Å². The Bertz CT molecular complexity index is 966. The zero-order valence-electron chi connectivity index (χ0n) is 16.6. The third-order valence-electron chi connectivity index (χ3n) is 5.26. The summed E-state index contributed by atoms with van der Waals surface area (Å²) in [5, 5.41) is 5.80. The first-order chi connectivity index (χ1) is 14.3. The number of piperazine rings is 1. The van der Waals surface area contributed by atoms with Gasteiger partial charge in [0.05, 0.1) is 11.3 Å². The van der Waals surface area contributed by atoms with E-state index in [0.29, 0.717) is 37.2 Å². The molecule has 2 aliphatic heterocycles. The van der Waals surface area contributed by atoms with Crippen molar-refractivity contribution < 1.29 is 22.7 Å². The van der Waals surface area contributed by atoms with Gasteiger partial charge in [0.1, 0.15) is 17.7 Å². The van der Waals surface area contributed by atoms with E-state index in [-0.39, 0.29) is 23.4 Å². The van der Waals surface area contributed by atoms with Gasteiger partial charge in [0, 0.05) is 43.0 Å². The lowest BCUT2D eigenvalue weighted by Crippen LogP contribution is -2.49. The van der Waals surface area contributed by atoms with Gasteiger partial charge in [-0.15, -0.1) is 0 Å². The van der Waals surface area contributed by atoms with Crippen LogP contribution in [0.3, 0.4) is 0 Å². The van der Waals surface area contributed by atoms with Gasteiger partial charge in [-0.2, -0.15) is 13.2 Å². The van der Waals surface area contributed by atoms with E-state index in [0.717, 1.165) is 12.1 Å². The molecule has 0 unspecified atom stereocenters. The highest BCUT2D eigenvalue weighted by atomic mass is 19.4. The number of carbonyl (C=O) groups is 1. The number of hydrogen-bond donors (Lipinski definition) is 2. The molecule has 0 aliphatic carbocycles. The lowest BCUT2D eigenvalue weighted by molar-refractivity contribution is -0.137. The smallest absolute Gasteiger partial charge is 0.416 e. The molecule has 1 fully saturated rings. The molecule has 10 heteroatoms. The molecule has 4 rings (SSSR count). The summed E-state index contributed by atoms with van der Waals surface area (Å²) in [5.41, 5.74) is 0.393. The minimum Gasteiger partial charge on any atom is -0.441 e. The molecule has 1 saturated heterocycles. The van der Waals surface area contributed by atoms with Crippen molar-refractivity contribution in [1.82, 2.24) is 15.3 Å². The van der Waals surface area contributed by atoms with Crippen LogP contribution in [0.15, 0.2) is 24.4 Å². The van der Waals surface area contributed by atoms with Crippen LogP contribution >= 0.6 is 0 Å². The second-order valence-electron chi connectivity index (χ2n) is 7.45. The number of cyclic esters (lactones) is 1. The van der Waals surface area contributed by atoms with Gasteiger partial charge in [0.25, 0.3) is 0 Å². The molecule has 2 aromatic rings. The summed E-state index contributed by atoms with van der Waals surface area (Å²) in [6, 6.07) is 3.87. The van der Waals surface area contributed by atoms with Crippen LogP contribution in [0.25, 0.3) is 11.3 Å². The number of amides is 1. The molecule has 2 atom stereocenters. The number of fused-ring (bicyclic) bond motifs is 1. The molecule has 1 amide bonds. The van der Waals surface area contributed by atoms with Crippen molar-refractivity contribution in [2.45, 2.75) is 38.6 Å². The first-order valence-corrected chi connectivity index (χ1v) is 9.80. The number of halogens is 3. The van der Waals surface area contributed by atoms with Crippen molar-refractivity contribution in [1.29, 1.82) is 0 Å². The van der Waals surface area contributed by atoms with E-state index < -0.39 is 23.9 Å². The SMILES string of the molecule is CC[C@@H]1OC(=O)Nc2nccc(-c3cc(C(F)(F)F)cc(N4CCN[C@@H](C)C4)n3)c21. The third-order valence-corrected chi connectivity index (χ3v) is 5.26. The zero-order valence-corrected chi connectivity index (χ0v) is 16.6. The molecule has 0 bridgehead atoms. The van der Waals surface area contributed by atoms with Crippen molar-refractivity contribution in [3.05, 3.63) is 35.5 Å². The van der Waals surface area contributed by atoms with Gasteiger partial charge in [0.15, 0.2) is 0 Å². The minimum atomic E-state index is -4.52. The lowest BCUT2D eigenvalue weighted by atomic mass is 9.97. The minimum absolute atomic E-state index is 0.139. The molecule has 2 aliphatic rings. The third kappa shape index (κ3) is 3.91. The number of hydrogen-bond acceptors (Lipinski definition) is 6. The fourth-order valence-corrected chi connectivity index (χ4v) is 3.84. The number of nitrogens with zero attached hydrogens (tertiary/aromatic N) is 3. The summed E-state index contributed by atoms with van der Waals surface area (Å²) < 4.78 is 46.4. The van der Waals surface area contributed by atoms with E-state index in [4.69, 9.17) is 4.74 Å². The Kier molecular flexibility index (Phi) is 5.27. The summed E-state index contributed by atoms with van der Waals surface area (Å²) in [6.45, 7) is 5.59. The van der Waals surface area contributed by atoms with Crippen LogP contribution in [-0.4, -0.2) is 41.7 Å². The Morgan fingerprint density at radius 1 is 1.33 bits per heavy atom. The summed E-state index contributed by atoms with van der Waals surface area (Å²) in [5.74, 6) is 0.555. The van der Waals surface area contributed by atoms with Crippen LogP contribution in [-0.2, 0) is 10.9 Å². The largest absolute Gasteiger partial charge is 0.441 e. The molecule has 0 aromatic carbocycles. The van der Waals surface area contributed by atoms with Crippen molar-refractivity contribution in [2.24, 2.45) is 0 Å². The fraction of sp³-hybridized carbons (Fsp3) is 0.450. The van der Waals surface area contributed by atoms with Crippen LogP contribution in [0, 0.1) is 0 Å². The molecule has 0 radical (unpaired) electrons. The maximum absolute atomic E-state index is 13.7. The predicted octanol–water partition coefficient (Wildman–Crippen LogP) is 3.97. The number of pyridine rings is 2. The molecule has 2 aromatic heterocycles. The maximum atomic E-state index is 13.7. The fourth-order valence-electron chi connectivity index (χ4n) is 3.84. The molecule has 7 nitrogen and oxygen atoms in total. The number of aromatic nitrogens is 2. The second kappa shape index (κ2) is 7.75. The second-order valence-corrected chi connectivity index (χ2v) is 7.45. The summed E-state index contributed by atoms with van der Waals surface area (Å²) in [4.78, 5) is 22.4. The average Bonchev–Trinajstić information content (AvgIpc) is 2.71. The Morgan fingerprint density at radius 2 is 2.13 bits per heavy atom. The van der Waals surface area contributed by atoms with E-state index in [1.807, 2.05) is 18.7 Å². The van der Waals surface area contributed by atoms with Crippen molar-refractivity contribution in [3.8, 4) is 11.3 Å². The molecule has 0 saturated carbocycles. The Balaban J connectivity index is 1.86. The van der Waals surface area contributed by atoms with Crippen molar-refractivity contribution >= 4 is 17.7 Å². The van der Waals surface area contributed by atoms with Crippen molar-refractivity contribution in [2.75, 3.05) is 29.9 Å². The molecular weight excluding hydrogens is 399 g/mol. The van der Waals surface area contributed by atoms with E-state index in [2.05, 4.69) is 20.6 Å². The summed E-state index contributed by atoms with van der Waals surface area (Å²) in [6.07, 6.45) is -3.86. The van der Waals surface area contributed by atoms with E-state index in [1.165, 1.54) is 6.20 Å². The Labute approximate surface area is 171 Å². The van der Waals surface area contributed by atoms with Crippen LogP contribution in [0.2, 0.25) is 0 Å². The lowest BCUT2D eigenvalue weighted by Gasteiger charge is -2.33. The van der Waals surface area contributed by atoms with Gasteiger partial charge < -0.3 is 15.0 Å². The highest BCUT2D eigenvalue weighted by molar-refractivity contribution is 5.89. The van der Waals surface area contributed by atoms with Gasteiger partial charge in [-0.1, -0.05) is 6.92 Å². The number of alkyl halides is 3. The van der Waals surface area contributed by atoms with E-state index in [9.17, 15) is 18.0 Å². The molecule has 0 spiro atoms. The van der Waals surface area contributed by atoms with Gasteiger partial charge in [0.2, 0.25) is 0 Å². The first kappa shape index (κ1) is 20.4. The number of ether oxygens (including phenoxy) is 1. The number of nitrogens with one attached hydrogen (secondary N) is 2. The molecule has 160 valence electrons. The number of carbonyl (C=O) groups excluding carboxylic acids is 1. The van der Waals surface area contributed by atoms with Crippen molar-refractivity contribution in [3.63, 3.8) is 0 Å². The molecule has 2 N–H and O–H groups in total. The van der Waals surface area contributed by atoms with E-state index in [1.54, 1.807) is 6.07 Å². The van der Waals surface area contributed by atoms with Crippen LogP contribution in [0.5, 0.6) is 0 Å². The Morgan fingerprint density at radius 3 is 2.83 bits per heavy atom. The molecule has 4 heterocycles. The topological polar surface area (TPSA) is 79.4 Å². The van der Waals surface area contributed by atoms with Crippen LogP contribution in [0.4, 0.5) is 29.6 Å². The molecule has 30 heavy (non-hydrogen) atoms. The number of rotatable bonds is 3. The maximum Gasteiger partial charge on any atom is 0.416 e. The van der Waals surface area contributed by atoms with Gasteiger partial charge in [-0.3, -0.25) is 5.32 Å². The van der Waals surface area contributed by atoms with Gasteiger partial charge in [-0.05, 0) is 31.5 Å². The number of anilines is 2. The quantitative estimate of drug-likeness (QED) is 0.781. The van der Waals surface area contributed by atoms with Crippen LogP contribution in [0.1, 0.15) is 37.5 Å². The predicted molar refractivity (Wildman–Crippen MR) is 105 cm³/mol. The van der Waals surface area contributed by atoms with Gasteiger partial charge in [-0.25, -0.2) is 14.8 Å². The molecular formula is C20H22F3N5O2. The van der Waals surface area contributed by atoms with Crippen LogP contribution < -0.4 is 15.5 Å². The summed E-state index contributed by atoms with van der Waals surface area (Å²) in [7, 11) is 0. The standard InChI is InChI=1S/C20H22F3N5O2/c1-3-15-17-13(4-5-25-18(17)27-19(29)30-15)14-8-12(20(21,22)23)9-16(26-14)28-7-6-24-11(2)10-28/h4-5,8-9,11,15,24H,3,6-7,10H2,1-2H3,(H,25,27,29)/t11-,15-/m0/s1. The summed E-state index contributed by atoms with van der Waals surface area (Å²) >= 11 is 0. The zero-order chi connectivity index (χ0) is 21.5. The first-order valence-electron chi connectivity index (χ1n) is 9.80. The normalized spacial score (nSPS) is 21.6. The highest BCUT2D eigenvalue weighted by Gasteiger charge is 2.34.